The molecule has 0 aromatic heterocycles. The van der Waals surface area contributed by atoms with Crippen LogP contribution in [0.5, 0.6) is 0 Å². The number of carbonyl (C=O) groups is 1. The normalized spacial score (nSPS) is 23.6. The van der Waals surface area contributed by atoms with Gasteiger partial charge in [0, 0.05) is 51.9 Å². The molecule has 0 spiro atoms. The van der Waals surface area contributed by atoms with Gasteiger partial charge in [0.15, 0.2) is 0 Å². The van der Waals surface area contributed by atoms with Crippen molar-refractivity contribution in [1.82, 2.24) is 19.0 Å². The number of amides is 2. The van der Waals surface area contributed by atoms with E-state index in [9.17, 15) is 13.2 Å². The molecule has 1 N–H and O–H groups in total. The Morgan fingerprint density at radius 3 is 2.42 bits per heavy atom. The number of nitrogens with zero attached hydrogens (tertiary/aromatic N) is 4. The highest BCUT2D eigenvalue weighted by atomic mass is 32.2. The van der Waals surface area contributed by atoms with E-state index in [0.717, 1.165) is 77.5 Å². The second-order valence-electron chi connectivity index (χ2n) is 11.4. The zero-order chi connectivity index (χ0) is 26.5. The topological polar surface area (TPSA) is 85.4 Å². The zero-order valence-electron chi connectivity index (χ0n) is 22.9. The molecule has 1 aliphatic carbocycles. The largest absolute Gasteiger partial charge is 0.378 e. The number of piperidine rings is 1. The molecule has 1 aromatic carbocycles. The summed E-state index contributed by atoms with van der Waals surface area (Å²) < 4.78 is 35.3. The minimum absolute atomic E-state index is 0.178. The van der Waals surface area contributed by atoms with E-state index < -0.39 is 10.2 Å². The van der Waals surface area contributed by atoms with Crippen molar-refractivity contribution in [1.29, 1.82) is 0 Å². The number of anilines is 1. The molecule has 1 unspecified atom stereocenters. The molecule has 3 saturated heterocycles. The van der Waals surface area contributed by atoms with Crippen molar-refractivity contribution in [2.24, 2.45) is 5.92 Å². The van der Waals surface area contributed by atoms with Crippen LogP contribution in [0.2, 0.25) is 0 Å². The highest BCUT2D eigenvalue weighted by Gasteiger charge is 2.31. The van der Waals surface area contributed by atoms with Gasteiger partial charge in [-0.3, -0.25) is 9.62 Å². The van der Waals surface area contributed by atoms with Crippen molar-refractivity contribution >= 4 is 21.9 Å². The van der Waals surface area contributed by atoms with Crippen LogP contribution in [0.4, 0.5) is 10.5 Å². The molecule has 0 radical (unpaired) electrons. The number of ether oxygens (including phenoxy) is 1. The predicted octanol–water partition coefficient (Wildman–Crippen LogP) is 3.17. The third kappa shape index (κ3) is 6.63. The van der Waals surface area contributed by atoms with Crippen molar-refractivity contribution in [3.63, 3.8) is 0 Å². The number of rotatable bonds is 8. The van der Waals surface area contributed by atoms with Crippen molar-refractivity contribution in [2.75, 3.05) is 70.3 Å². The smallest absolute Gasteiger partial charge is 0.320 e. The number of nitrogens with one attached hydrogen (secondary N) is 1. The molecule has 0 bridgehead atoms. The van der Waals surface area contributed by atoms with Crippen molar-refractivity contribution in [3.05, 3.63) is 29.3 Å². The predicted molar refractivity (Wildman–Crippen MR) is 150 cm³/mol. The monoisotopic (exact) mass is 547 g/mol. The highest BCUT2D eigenvalue weighted by molar-refractivity contribution is 7.90. The number of hydrogen-bond donors (Lipinski definition) is 1. The molecule has 0 saturated carbocycles. The Bertz CT molecular complexity index is 1050. The first-order valence-corrected chi connectivity index (χ1v) is 16.1. The van der Waals surface area contributed by atoms with E-state index in [-0.39, 0.29) is 6.03 Å². The highest BCUT2D eigenvalue weighted by Crippen LogP contribution is 2.30. The fraction of sp³-hybridized carbons (Fsp3) is 0.750. The molecular weight excluding hydrogens is 502 g/mol. The van der Waals surface area contributed by atoms with Gasteiger partial charge in [-0.15, -0.1) is 0 Å². The minimum atomic E-state index is -3.48. The van der Waals surface area contributed by atoms with Crippen LogP contribution in [0.1, 0.15) is 56.6 Å². The van der Waals surface area contributed by atoms with Gasteiger partial charge in [-0.2, -0.15) is 12.7 Å². The first kappa shape index (κ1) is 27.7. The van der Waals surface area contributed by atoms with E-state index >= 15 is 0 Å². The molecule has 3 heterocycles. The number of urea groups is 1. The number of fused-ring (bicyclic) bond motifs is 1. The van der Waals surface area contributed by atoms with Gasteiger partial charge in [-0.25, -0.2) is 4.79 Å². The zero-order valence-corrected chi connectivity index (χ0v) is 23.8. The van der Waals surface area contributed by atoms with Crippen LogP contribution in [-0.2, 0) is 27.8 Å². The number of likely N-dealkylation sites (tertiary alicyclic amines) is 1. The second kappa shape index (κ2) is 12.5. The SMILES string of the molecule is CCCN(CC1CCN(C(=O)N2CCOCC2)CC1)C1CCc2ccc(NS(=O)(=O)N3CCCC3)cc2C1. The van der Waals surface area contributed by atoms with Crippen LogP contribution in [0, 0.1) is 5.92 Å². The molecular formula is C28H45N5O4S. The summed E-state index contributed by atoms with van der Waals surface area (Å²) in [5, 5.41) is 0. The van der Waals surface area contributed by atoms with Crippen LogP contribution in [0.3, 0.4) is 0 Å². The Labute approximate surface area is 228 Å². The van der Waals surface area contributed by atoms with Crippen molar-refractivity contribution in [3.8, 4) is 0 Å². The molecule has 1 atom stereocenters. The number of hydrogen-bond acceptors (Lipinski definition) is 5. The van der Waals surface area contributed by atoms with E-state index in [4.69, 9.17) is 4.74 Å². The molecule has 5 rings (SSSR count). The lowest BCUT2D eigenvalue weighted by Crippen LogP contribution is -2.51. The fourth-order valence-electron chi connectivity index (χ4n) is 6.56. The number of aryl methyl sites for hydroxylation is 1. The van der Waals surface area contributed by atoms with E-state index in [1.165, 1.54) is 11.1 Å². The van der Waals surface area contributed by atoms with Gasteiger partial charge >= 0.3 is 16.2 Å². The molecule has 10 heteroatoms. The van der Waals surface area contributed by atoms with Crippen LogP contribution in [-0.4, -0.2) is 105 Å². The van der Waals surface area contributed by atoms with E-state index in [0.29, 0.717) is 57.0 Å². The third-order valence-corrected chi connectivity index (χ3v) is 10.3. The number of carbonyl (C=O) groups excluding carboxylic acids is 1. The third-order valence-electron chi connectivity index (χ3n) is 8.75. The van der Waals surface area contributed by atoms with Crippen LogP contribution >= 0.6 is 0 Å². The Hall–Kier alpha value is -1.88. The van der Waals surface area contributed by atoms with E-state index in [2.05, 4.69) is 28.7 Å². The summed E-state index contributed by atoms with van der Waals surface area (Å²) >= 11 is 0. The molecule has 4 aliphatic rings. The summed E-state index contributed by atoms with van der Waals surface area (Å²) in [5.41, 5.74) is 3.29. The lowest BCUT2D eigenvalue weighted by atomic mass is 9.86. The van der Waals surface area contributed by atoms with E-state index in [1.54, 1.807) is 4.31 Å². The Balaban J connectivity index is 1.17. The average molecular weight is 548 g/mol. The summed E-state index contributed by atoms with van der Waals surface area (Å²) in [5.74, 6) is 0.607. The van der Waals surface area contributed by atoms with Gasteiger partial charge in [0.05, 0.1) is 18.9 Å². The number of morpholine rings is 1. The van der Waals surface area contributed by atoms with Crippen molar-refractivity contribution in [2.45, 2.75) is 64.3 Å². The van der Waals surface area contributed by atoms with Gasteiger partial charge in [0.1, 0.15) is 0 Å². The summed E-state index contributed by atoms with van der Waals surface area (Å²) in [6, 6.07) is 6.74. The summed E-state index contributed by atoms with van der Waals surface area (Å²) in [6.07, 6.45) is 8.24. The van der Waals surface area contributed by atoms with Crippen LogP contribution < -0.4 is 4.72 Å². The van der Waals surface area contributed by atoms with Gasteiger partial charge in [-0.05, 0) is 87.1 Å². The number of benzene rings is 1. The quantitative estimate of drug-likeness (QED) is 0.541. The first-order chi connectivity index (χ1) is 18.4. The van der Waals surface area contributed by atoms with Gasteiger partial charge in [0.2, 0.25) is 0 Å². The standard InChI is InChI=1S/C28H45N5O4S/c1-2-11-32(22-23-9-14-30(15-10-23)28(34)31-16-18-37-19-17-31)27-8-6-24-5-7-26(20-25(24)21-27)29-38(35,36)33-12-3-4-13-33/h5,7,20,23,27,29H,2-4,6,8-19,21-22H2,1H3. The lowest BCUT2D eigenvalue weighted by molar-refractivity contribution is 0.0383. The molecule has 38 heavy (non-hydrogen) atoms. The summed E-state index contributed by atoms with van der Waals surface area (Å²) in [6.45, 7) is 9.99. The molecule has 9 nitrogen and oxygen atoms in total. The molecule has 1 aromatic rings. The molecule has 3 aliphatic heterocycles. The fourth-order valence-corrected chi connectivity index (χ4v) is 7.85. The summed E-state index contributed by atoms with van der Waals surface area (Å²) in [7, 11) is -3.48. The maximum absolute atomic E-state index is 12.9. The summed E-state index contributed by atoms with van der Waals surface area (Å²) in [4.78, 5) is 19.5. The molecule has 2 amide bonds. The van der Waals surface area contributed by atoms with Crippen molar-refractivity contribution < 1.29 is 17.9 Å². The van der Waals surface area contributed by atoms with Gasteiger partial charge < -0.3 is 14.5 Å². The van der Waals surface area contributed by atoms with E-state index in [1.807, 2.05) is 15.9 Å². The molecule has 212 valence electrons. The molecule has 3 fully saturated rings. The maximum atomic E-state index is 12.9. The van der Waals surface area contributed by atoms with Crippen LogP contribution in [0.15, 0.2) is 18.2 Å². The second-order valence-corrected chi connectivity index (χ2v) is 13.1. The Morgan fingerprint density at radius 1 is 1.00 bits per heavy atom. The van der Waals surface area contributed by atoms with Gasteiger partial charge in [0.25, 0.3) is 0 Å². The minimum Gasteiger partial charge on any atom is -0.378 e. The van der Waals surface area contributed by atoms with Crippen LogP contribution in [0.25, 0.3) is 0 Å². The lowest BCUT2D eigenvalue weighted by Gasteiger charge is -2.41. The van der Waals surface area contributed by atoms with Gasteiger partial charge in [-0.1, -0.05) is 13.0 Å². The average Bonchev–Trinajstić information content (AvgIpc) is 3.49. The Morgan fingerprint density at radius 2 is 1.71 bits per heavy atom. The maximum Gasteiger partial charge on any atom is 0.320 e. The first-order valence-electron chi connectivity index (χ1n) is 14.7. The Kier molecular flexibility index (Phi) is 9.13.